The molecular formula is C26H20N2O2S. The van der Waals surface area contributed by atoms with Gasteiger partial charge in [0.15, 0.2) is 0 Å². The van der Waals surface area contributed by atoms with Crippen molar-refractivity contribution in [1.82, 2.24) is 9.71 Å². The number of hydrogen-bond donors (Lipinski definition) is 1. The van der Waals surface area contributed by atoms with Crippen LogP contribution in [0.25, 0.3) is 10.9 Å². The molecule has 0 aliphatic heterocycles. The lowest BCUT2D eigenvalue weighted by Gasteiger charge is -2.07. The number of benzene rings is 3. The topological polar surface area (TPSA) is 51.2 Å². The van der Waals surface area contributed by atoms with Gasteiger partial charge in [-0.25, -0.2) is 4.79 Å². The molecule has 4 aromatic rings. The van der Waals surface area contributed by atoms with E-state index in [9.17, 15) is 4.79 Å². The molecule has 3 aromatic carbocycles. The number of hydrogen-bond acceptors (Lipinski definition) is 5. The molecule has 1 heterocycles. The number of para-hydroxylation sites is 1. The molecule has 0 saturated heterocycles. The molecule has 5 heteroatoms. The van der Waals surface area contributed by atoms with Crippen molar-refractivity contribution in [3.8, 4) is 11.8 Å². The van der Waals surface area contributed by atoms with Crippen LogP contribution in [0.15, 0.2) is 90.0 Å². The highest BCUT2D eigenvalue weighted by Gasteiger charge is 2.08. The second kappa shape index (κ2) is 9.94. The van der Waals surface area contributed by atoms with E-state index in [4.69, 9.17) is 4.74 Å². The number of nitrogens with one attached hydrogen (secondary N) is 1. The lowest BCUT2D eigenvalue weighted by atomic mass is 10.1. The number of aromatic nitrogens is 1. The SMILES string of the molecule is COC(=O)c1ccccc1C#Cc1ccc(SNCc2ccnc3ccccc23)cc1. The highest BCUT2D eigenvalue weighted by atomic mass is 32.2. The fourth-order valence-corrected chi connectivity index (χ4v) is 3.80. The first-order chi connectivity index (χ1) is 15.2. The second-order valence-electron chi connectivity index (χ2n) is 6.72. The summed E-state index contributed by atoms with van der Waals surface area (Å²) >= 11 is 1.58. The number of carbonyl (C=O) groups is 1. The fourth-order valence-electron chi connectivity index (χ4n) is 3.13. The Morgan fingerprint density at radius 2 is 1.74 bits per heavy atom. The number of fused-ring (bicyclic) bond motifs is 1. The minimum Gasteiger partial charge on any atom is -0.465 e. The maximum atomic E-state index is 11.9. The molecule has 0 bridgehead atoms. The lowest BCUT2D eigenvalue weighted by molar-refractivity contribution is 0.0600. The summed E-state index contributed by atoms with van der Waals surface area (Å²) in [6.45, 7) is 0.736. The number of ether oxygens (including phenoxy) is 1. The Hall–Kier alpha value is -3.59. The third-order valence-corrected chi connectivity index (χ3v) is 5.52. The summed E-state index contributed by atoms with van der Waals surface area (Å²) in [6, 6.07) is 25.4. The molecule has 31 heavy (non-hydrogen) atoms. The molecule has 4 rings (SSSR count). The van der Waals surface area contributed by atoms with Gasteiger partial charge in [0.25, 0.3) is 0 Å². The van der Waals surface area contributed by atoms with Gasteiger partial charge in [0.1, 0.15) is 0 Å². The number of carbonyl (C=O) groups excluding carboxylic acids is 1. The molecule has 0 unspecified atom stereocenters. The molecule has 0 radical (unpaired) electrons. The highest BCUT2D eigenvalue weighted by Crippen LogP contribution is 2.19. The average molecular weight is 425 g/mol. The van der Waals surface area contributed by atoms with Gasteiger partial charge < -0.3 is 4.74 Å². The summed E-state index contributed by atoms with van der Waals surface area (Å²) < 4.78 is 8.23. The normalized spacial score (nSPS) is 10.4. The van der Waals surface area contributed by atoms with Gasteiger partial charge in [0, 0.05) is 34.2 Å². The van der Waals surface area contributed by atoms with E-state index < -0.39 is 0 Å². The maximum Gasteiger partial charge on any atom is 0.339 e. The van der Waals surface area contributed by atoms with Crippen LogP contribution >= 0.6 is 11.9 Å². The van der Waals surface area contributed by atoms with Crippen molar-refractivity contribution < 1.29 is 9.53 Å². The lowest BCUT2D eigenvalue weighted by Crippen LogP contribution is -2.04. The van der Waals surface area contributed by atoms with Crippen LogP contribution in [-0.2, 0) is 11.3 Å². The Morgan fingerprint density at radius 1 is 0.968 bits per heavy atom. The molecule has 1 N–H and O–H groups in total. The first-order valence-corrected chi connectivity index (χ1v) is 10.6. The van der Waals surface area contributed by atoms with Crippen LogP contribution in [0.1, 0.15) is 27.0 Å². The van der Waals surface area contributed by atoms with Gasteiger partial charge in [0.2, 0.25) is 0 Å². The zero-order valence-corrected chi connectivity index (χ0v) is 17.8. The predicted molar refractivity (Wildman–Crippen MR) is 125 cm³/mol. The van der Waals surface area contributed by atoms with E-state index in [0.717, 1.165) is 27.9 Å². The van der Waals surface area contributed by atoms with Crippen molar-refractivity contribution in [3.63, 3.8) is 0 Å². The molecule has 0 atom stereocenters. The largest absolute Gasteiger partial charge is 0.465 e. The van der Waals surface area contributed by atoms with E-state index in [1.165, 1.54) is 12.7 Å². The van der Waals surface area contributed by atoms with E-state index in [-0.39, 0.29) is 5.97 Å². The molecule has 0 saturated carbocycles. The van der Waals surface area contributed by atoms with Crippen LogP contribution in [0.4, 0.5) is 0 Å². The molecule has 0 aliphatic rings. The van der Waals surface area contributed by atoms with Crippen molar-refractivity contribution in [2.24, 2.45) is 0 Å². The van der Waals surface area contributed by atoms with Crippen LogP contribution < -0.4 is 4.72 Å². The minimum atomic E-state index is -0.385. The summed E-state index contributed by atoms with van der Waals surface area (Å²) in [5.41, 5.74) is 4.22. The summed E-state index contributed by atoms with van der Waals surface area (Å²) in [4.78, 5) is 17.4. The molecule has 1 aromatic heterocycles. The van der Waals surface area contributed by atoms with E-state index in [1.807, 2.05) is 66.9 Å². The van der Waals surface area contributed by atoms with Crippen LogP contribution in [0, 0.1) is 11.8 Å². The number of nitrogens with zero attached hydrogens (tertiary/aromatic N) is 1. The van der Waals surface area contributed by atoms with Crippen LogP contribution in [0.3, 0.4) is 0 Å². The first kappa shape index (κ1) is 20.7. The third kappa shape index (κ3) is 5.13. The summed E-state index contributed by atoms with van der Waals surface area (Å²) in [7, 11) is 1.37. The average Bonchev–Trinajstić information content (AvgIpc) is 2.83. The van der Waals surface area contributed by atoms with Crippen molar-refractivity contribution >= 4 is 28.8 Å². The summed E-state index contributed by atoms with van der Waals surface area (Å²) in [5, 5.41) is 1.16. The molecule has 4 nitrogen and oxygen atoms in total. The van der Waals surface area contributed by atoms with Crippen molar-refractivity contribution in [2.45, 2.75) is 11.4 Å². The van der Waals surface area contributed by atoms with Crippen molar-refractivity contribution in [1.29, 1.82) is 0 Å². The van der Waals surface area contributed by atoms with E-state index >= 15 is 0 Å². The Labute approximate surface area is 185 Å². The Balaban J connectivity index is 1.40. The van der Waals surface area contributed by atoms with Gasteiger partial charge in [-0.2, -0.15) is 0 Å². The van der Waals surface area contributed by atoms with Crippen LogP contribution in [-0.4, -0.2) is 18.1 Å². The molecule has 0 amide bonds. The Bertz CT molecular complexity index is 1270. The van der Waals surface area contributed by atoms with Crippen molar-refractivity contribution in [2.75, 3.05) is 7.11 Å². The third-order valence-electron chi connectivity index (χ3n) is 4.72. The summed E-state index contributed by atoms with van der Waals surface area (Å²) in [5.74, 6) is 5.80. The number of esters is 1. The van der Waals surface area contributed by atoms with Gasteiger partial charge in [-0.1, -0.05) is 42.2 Å². The van der Waals surface area contributed by atoms with E-state index in [1.54, 1.807) is 24.1 Å². The van der Waals surface area contributed by atoms with Gasteiger partial charge in [-0.15, -0.1) is 0 Å². The van der Waals surface area contributed by atoms with Gasteiger partial charge in [-0.3, -0.25) is 9.71 Å². The highest BCUT2D eigenvalue weighted by molar-refractivity contribution is 7.97. The van der Waals surface area contributed by atoms with Gasteiger partial charge in [-0.05, 0) is 66.0 Å². The number of pyridine rings is 1. The molecular weight excluding hydrogens is 404 g/mol. The molecule has 0 spiro atoms. The molecule has 0 aliphatic carbocycles. The number of rotatable bonds is 5. The Morgan fingerprint density at radius 3 is 2.58 bits per heavy atom. The zero-order valence-electron chi connectivity index (χ0n) is 17.0. The fraction of sp³-hybridized carbons (Fsp3) is 0.0769. The predicted octanol–water partition coefficient (Wildman–Crippen LogP) is 5.22. The second-order valence-corrected chi connectivity index (χ2v) is 7.69. The first-order valence-electron chi connectivity index (χ1n) is 9.76. The molecule has 152 valence electrons. The van der Waals surface area contributed by atoms with Crippen molar-refractivity contribution in [3.05, 3.63) is 107 Å². The standard InChI is InChI=1S/C26H20N2O2S/c1-30-26(29)24-8-3-2-6-20(24)13-10-19-11-14-22(15-12-19)31-28-18-21-16-17-27-25-9-5-4-7-23(21)25/h2-9,11-12,14-17,28H,18H2,1H3. The van der Waals surface area contributed by atoms with E-state index in [0.29, 0.717) is 11.1 Å². The Kier molecular flexibility index (Phi) is 6.63. The van der Waals surface area contributed by atoms with Gasteiger partial charge in [0.05, 0.1) is 18.2 Å². The summed E-state index contributed by atoms with van der Waals surface area (Å²) in [6.07, 6.45) is 1.84. The quantitative estimate of drug-likeness (QED) is 0.270. The van der Waals surface area contributed by atoms with Crippen LogP contribution in [0.5, 0.6) is 0 Å². The van der Waals surface area contributed by atoms with Crippen LogP contribution in [0.2, 0.25) is 0 Å². The van der Waals surface area contributed by atoms with Gasteiger partial charge >= 0.3 is 5.97 Å². The smallest absolute Gasteiger partial charge is 0.339 e. The number of methoxy groups -OCH3 is 1. The monoisotopic (exact) mass is 424 g/mol. The minimum absolute atomic E-state index is 0.385. The maximum absolute atomic E-state index is 11.9. The zero-order chi connectivity index (χ0) is 21.5. The van der Waals surface area contributed by atoms with E-state index in [2.05, 4.69) is 27.6 Å². The molecule has 0 fully saturated rings.